The maximum Gasteiger partial charge on any atom is 0.157 e. The van der Waals surface area contributed by atoms with Gasteiger partial charge in [0, 0.05) is 30.3 Å². The summed E-state index contributed by atoms with van der Waals surface area (Å²) in [4.78, 5) is 2.26. The Morgan fingerprint density at radius 1 is 1.22 bits per heavy atom. The van der Waals surface area contributed by atoms with Gasteiger partial charge in [0.15, 0.2) is 11.5 Å². The second-order valence-corrected chi connectivity index (χ2v) is 5.40. The van der Waals surface area contributed by atoms with E-state index in [0.29, 0.717) is 0 Å². The van der Waals surface area contributed by atoms with Crippen LogP contribution in [0.1, 0.15) is 5.56 Å². The molecular formula is C14H17NO2S. The van der Waals surface area contributed by atoms with Crippen LogP contribution >= 0.6 is 11.8 Å². The fourth-order valence-corrected chi connectivity index (χ4v) is 2.70. The lowest BCUT2D eigenvalue weighted by Crippen LogP contribution is -2.30. The molecule has 0 unspecified atom stereocenters. The molecule has 0 spiro atoms. The highest BCUT2D eigenvalue weighted by Crippen LogP contribution is 2.25. The average Bonchev–Trinajstić information content (AvgIpc) is 2.41. The summed E-state index contributed by atoms with van der Waals surface area (Å²) >= 11 is 1.97. The zero-order valence-corrected chi connectivity index (χ0v) is 11.0. The van der Waals surface area contributed by atoms with E-state index in [9.17, 15) is 10.2 Å². The quantitative estimate of drug-likeness (QED) is 0.650. The van der Waals surface area contributed by atoms with Crippen molar-refractivity contribution in [3.8, 4) is 11.5 Å². The summed E-state index contributed by atoms with van der Waals surface area (Å²) in [5.74, 6) is 2.09. The molecule has 0 saturated carbocycles. The molecule has 1 heterocycles. The third-order valence-electron chi connectivity index (χ3n) is 2.88. The number of hydrogen-bond acceptors (Lipinski definition) is 4. The zero-order valence-electron chi connectivity index (χ0n) is 10.2. The molecule has 0 radical (unpaired) electrons. The molecule has 2 N–H and O–H groups in total. The summed E-state index contributed by atoms with van der Waals surface area (Å²) in [6.07, 6.45) is 3.84. The van der Waals surface area contributed by atoms with E-state index in [1.807, 2.05) is 23.9 Å². The standard InChI is InChI=1S/C14H17NO2S/c1-11(15-6-8-18-9-7-15)2-3-12-4-5-13(16)14(17)10-12/h2-5,10,16-17H,1,6-9H2/b3-2+. The Morgan fingerprint density at radius 2 is 1.94 bits per heavy atom. The van der Waals surface area contributed by atoms with E-state index >= 15 is 0 Å². The van der Waals surface area contributed by atoms with E-state index in [1.54, 1.807) is 6.07 Å². The predicted molar refractivity (Wildman–Crippen MR) is 76.8 cm³/mol. The van der Waals surface area contributed by atoms with Gasteiger partial charge in [-0.25, -0.2) is 0 Å². The Labute approximate surface area is 111 Å². The zero-order chi connectivity index (χ0) is 13.0. The Hall–Kier alpha value is -1.55. The number of hydrogen-bond donors (Lipinski definition) is 2. The van der Waals surface area contributed by atoms with Gasteiger partial charge in [0.1, 0.15) is 0 Å². The van der Waals surface area contributed by atoms with Crippen molar-refractivity contribution < 1.29 is 10.2 Å². The molecule has 0 bridgehead atoms. The van der Waals surface area contributed by atoms with Gasteiger partial charge >= 0.3 is 0 Å². The first-order valence-electron chi connectivity index (χ1n) is 5.88. The summed E-state index contributed by atoms with van der Waals surface area (Å²) in [6.45, 7) is 6.12. The highest BCUT2D eigenvalue weighted by Gasteiger charge is 2.09. The van der Waals surface area contributed by atoms with E-state index < -0.39 is 0 Å². The van der Waals surface area contributed by atoms with Crippen molar-refractivity contribution in [2.24, 2.45) is 0 Å². The van der Waals surface area contributed by atoms with Gasteiger partial charge in [-0.2, -0.15) is 11.8 Å². The van der Waals surface area contributed by atoms with Gasteiger partial charge in [0.25, 0.3) is 0 Å². The number of aromatic hydroxyl groups is 2. The minimum atomic E-state index is -0.0999. The van der Waals surface area contributed by atoms with E-state index in [2.05, 4.69) is 11.5 Å². The lowest BCUT2D eigenvalue weighted by molar-refractivity contribution is 0.394. The second-order valence-electron chi connectivity index (χ2n) is 4.17. The van der Waals surface area contributed by atoms with Gasteiger partial charge < -0.3 is 15.1 Å². The Balaban J connectivity index is 2.01. The number of thioether (sulfide) groups is 1. The summed E-state index contributed by atoms with van der Waals surface area (Å²) in [5.41, 5.74) is 1.83. The topological polar surface area (TPSA) is 43.7 Å². The summed E-state index contributed by atoms with van der Waals surface area (Å²) in [5, 5.41) is 18.6. The summed E-state index contributed by atoms with van der Waals surface area (Å²) < 4.78 is 0. The Kier molecular flexibility index (Phi) is 4.20. The Bertz CT molecular complexity index is 465. The first-order valence-corrected chi connectivity index (χ1v) is 7.04. The van der Waals surface area contributed by atoms with Crippen molar-refractivity contribution in [2.45, 2.75) is 0 Å². The third kappa shape index (κ3) is 3.23. The van der Waals surface area contributed by atoms with Crippen molar-refractivity contribution in [1.29, 1.82) is 0 Å². The second kappa shape index (κ2) is 5.87. The highest BCUT2D eigenvalue weighted by molar-refractivity contribution is 7.99. The first kappa shape index (κ1) is 12.9. The smallest absolute Gasteiger partial charge is 0.157 e. The van der Waals surface area contributed by atoms with Crippen LogP contribution in [0.25, 0.3) is 6.08 Å². The predicted octanol–water partition coefficient (Wildman–Crippen LogP) is 2.67. The summed E-state index contributed by atoms with van der Waals surface area (Å²) in [7, 11) is 0. The highest BCUT2D eigenvalue weighted by atomic mass is 32.2. The van der Waals surface area contributed by atoms with E-state index in [4.69, 9.17) is 0 Å². The third-order valence-corrected chi connectivity index (χ3v) is 3.83. The number of benzene rings is 1. The van der Waals surface area contributed by atoms with Crippen LogP contribution in [-0.2, 0) is 0 Å². The maximum atomic E-state index is 9.39. The molecule has 1 aromatic carbocycles. The van der Waals surface area contributed by atoms with Gasteiger partial charge in [-0.1, -0.05) is 18.7 Å². The van der Waals surface area contributed by atoms with Crippen molar-refractivity contribution in [1.82, 2.24) is 4.90 Å². The van der Waals surface area contributed by atoms with Crippen molar-refractivity contribution in [3.63, 3.8) is 0 Å². The molecular weight excluding hydrogens is 246 g/mol. The van der Waals surface area contributed by atoms with Crippen molar-refractivity contribution >= 4 is 17.8 Å². The van der Waals surface area contributed by atoms with Gasteiger partial charge in [-0.3, -0.25) is 0 Å². The number of nitrogens with zero attached hydrogens (tertiary/aromatic N) is 1. The molecule has 96 valence electrons. The van der Waals surface area contributed by atoms with Crippen LogP contribution in [0.4, 0.5) is 0 Å². The molecule has 2 rings (SSSR count). The number of phenols is 2. The molecule has 1 aromatic rings. The van der Waals surface area contributed by atoms with E-state index in [0.717, 1.165) is 35.9 Å². The van der Waals surface area contributed by atoms with Crippen LogP contribution in [0.3, 0.4) is 0 Å². The largest absolute Gasteiger partial charge is 0.504 e. The van der Waals surface area contributed by atoms with Crippen LogP contribution in [0.2, 0.25) is 0 Å². The first-order chi connectivity index (χ1) is 8.66. The van der Waals surface area contributed by atoms with Crippen LogP contribution in [0.15, 0.2) is 36.6 Å². The fraction of sp³-hybridized carbons (Fsp3) is 0.286. The van der Waals surface area contributed by atoms with Crippen molar-refractivity contribution in [3.05, 3.63) is 42.1 Å². The maximum absolute atomic E-state index is 9.39. The Morgan fingerprint density at radius 3 is 2.61 bits per heavy atom. The minimum absolute atomic E-state index is 0.0981. The number of allylic oxidation sites excluding steroid dienone is 1. The van der Waals surface area contributed by atoms with Crippen molar-refractivity contribution in [2.75, 3.05) is 24.6 Å². The fourth-order valence-electron chi connectivity index (χ4n) is 1.79. The lowest BCUT2D eigenvalue weighted by Gasteiger charge is -2.28. The van der Waals surface area contributed by atoms with E-state index in [1.165, 1.54) is 12.1 Å². The van der Waals surface area contributed by atoms with Gasteiger partial charge in [0.05, 0.1) is 0 Å². The van der Waals surface area contributed by atoms with E-state index in [-0.39, 0.29) is 11.5 Å². The monoisotopic (exact) mass is 263 g/mol. The average molecular weight is 263 g/mol. The number of rotatable bonds is 3. The lowest BCUT2D eigenvalue weighted by atomic mass is 10.2. The molecule has 1 aliphatic heterocycles. The van der Waals surface area contributed by atoms with Gasteiger partial charge in [-0.15, -0.1) is 0 Å². The molecule has 4 heteroatoms. The van der Waals surface area contributed by atoms with Gasteiger partial charge in [-0.05, 0) is 23.8 Å². The molecule has 1 saturated heterocycles. The van der Waals surface area contributed by atoms with Crippen LogP contribution in [0, 0.1) is 0 Å². The molecule has 0 aromatic heterocycles. The SMILES string of the molecule is C=C(/C=C/c1ccc(O)c(O)c1)N1CCSCC1. The summed E-state index contributed by atoms with van der Waals surface area (Å²) in [6, 6.07) is 4.77. The van der Waals surface area contributed by atoms with Crippen LogP contribution in [0.5, 0.6) is 11.5 Å². The molecule has 18 heavy (non-hydrogen) atoms. The number of phenolic OH excluding ortho intramolecular Hbond substituents is 2. The normalized spacial score (nSPS) is 16.1. The molecule has 1 aliphatic rings. The molecule has 0 amide bonds. The molecule has 3 nitrogen and oxygen atoms in total. The minimum Gasteiger partial charge on any atom is -0.504 e. The molecule has 0 aliphatic carbocycles. The molecule has 0 atom stereocenters. The van der Waals surface area contributed by atoms with Crippen LogP contribution < -0.4 is 0 Å². The van der Waals surface area contributed by atoms with Crippen LogP contribution in [-0.4, -0.2) is 39.7 Å². The van der Waals surface area contributed by atoms with Gasteiger partial charge in [0.2, 0.25) is 0 Å². The molecule has 1 fully saturated rings.